The summed E-state index contributed by atoms with van der Waals surface area (Å²) in [4.78, 5) is 53.6. The van der Waals surface area contributed by atoms with Crippen LogP contribution in [0.5, 0.6) is 0 Å². The van der Waals surface area contributed by atoms with Gasteiger partial charge in [-0.3, -0.25) is 19.7 Å². The Balaban J connectivity index is 1.36. The third kappa shape index (κ3) is 5.18. The topological polar surface area (TPSA) is 116 Å². The minimum absolute atomic E-state index is 0.0336. The number of nitro groups is 1. The van der Waals surface area contributed by atoms with Crippen molar-refractivity contribution in [2.24, 2.45) is 5.92 Å². The van der Waals surface area contributed by atoms with Crippen molar-refractivity contribution in [3.05, 3.63) is 98.7 Å². The fourth-order valence-corrected chi connectivity index (χ4v) is 8.14. The van der Waals surface area contributed by atoms with Crippen LogP contribution in [0.2, 0.25) is 19.6 Å². The first-order valence-electron chi connectivity index (χ1n) is 14.4. The van der Waals surface area contributed by atoms with Gasteiger partial charge in [0.2, 0.25) is 5.91 Å². The van der Waals surface area contributed by atoms with Gasteiger partial charge in [-0.2, -0.15) is 0 Å². The number of esters is 1. The van der Waals surface area contributed by atoms with Crippen molar-refractivity contribution in [1.29, 1.82) is 0 Å². The van der Waals surface area contributed by atoms with Crippen LogP contribution in [0.1, 0.15) is 40.4 Å². The molecule has 0 unspecified atom stereocenters. The number of ether oxygens (including phenoxy) is 1. The summed E-state index contributed by atoms with van der Waals surface area (Å²) in [6, 6.07) is 16.9. The number of hydrogen-bond donors (Lipinski definition) is 0. The highest BCUT2D eigenvalue weighted by Crippen LogP contribution is 2.49. The number of β-lactam (4-membered cyclic amide) rings is 1. The van der Waals surface area contributed by atoms with Crippen LogP contribution in [0.3, 0.4) is 0 Å². The van der Waals surface area contributed by atoms with E-state index in [0.717, 1.165) is 21.6 Å². The second-order valence-electron chi connectivity index (χ2n) is 12.3. The Morgan fingerprint density at radius 2 is 1.68 bits per heavy atom. The van der Waals surface area contributed by atoms with Crippen LogP contribution in [0, 0.1) is 16.0 Å². The summed E-state index contributed by atoms with van der Waals surface area (Å²) in [6.07, 6.45) is 2.13. The molecule has 3 aromatic rings. The van der Waals surface area contributed by atoms with Gasteiger partial charge in [-0.05, 0) is 110 Å². The minimum atomic E-state index is -1.93. The summed E-state index contributed by atoms with van der Waals surface area (Å²) in [5, 5.41) is 11.0. The number of non-ortho nitro benzene ring substituents is 1. The molecule has 2 heterocycles. The van der Waals surface area contributed by atoms with Gasteiger partial charge in [-0.25, -0.2) is 4.79 Å². The number of nitrogens with zero attached hydrogens (tertiary/aromatic N) is 2. The summed E-state index contributed by atoms with van der Waals surface area (Å²) < 4.78 is 12.0. The molecule has 3 atom stereocenters. The molecular weight excluding hydrogens is 597 g/mol. The second kappa shape index (κ2) is 11.1. The van der Waals surface area contributed by atoms with Gasteiger partial charge in [0.1, 0.15) is 12.3 Å². The van der Waals surface area contributed by atoms with Gasteiger partial charge >= 0.3 is 5.97 Å². The van der Waals surface area contributed by atoms with Crippen molar-refractivity contribution >= 4 is 49.0 Å². The zero-order valence-electron chi connectivity index (χ0n) is 25.1. The molecular formula is C33H32N2O7SSi. The van der Waals surface area contributed by atoms with Crippen LogP contribution in [-0.4, -0.2) is 54.2 Å². The molecule has 6 rings (SSSR count). The largest absolute Gasteiger partial charge is 0.456 e. The van der Waals surface area contributed by atoms with Crippen molar-refractivity contribution in [2.45, 2.75) is 56.6 Å². The SMILES string of the molecule is CSc1ccc2c(c1)-c1cc(C3=C(C(=O)OCc4ccc([N+](=O)[O-])cc4)N4C(=O)[C@H]([C@@H](C)O[Si](C)(C)C)[C@H]4C3)ccc1C2=O. The molecule has 0 aromatic heterocycles. The van der Waals surface area contributed by atoms with Crippen molar-refractivity contribution in [2.75, 3.05) is 6.26 Å². The molecule has 44 heavy (non-hydrogen) atoms. The van der Waals surface area contributed by atoms with Gasteiger partial charge in [0, 0.05) is 28.2 Å². The number of rotatable bonds is 9. The summed E-state index contributed by atoms with van der Waals surface area (Å²) in [7, 11) is -1.93. The molecule has 0 bridgehead atoms. The zero-order chi connectivity index (χ0) is 31.5. The predicted octanol–water partition coefficient (Wildman–Crippen LogP) is 6.45. The van der Waals surface area contributed by atoms with Crippen LogP contribution in [0.25, 0.3) is 16.7 Å². The number of carbonyl (C=O) groups excluding carboxylic acids is 3. The van der Waals surface area contributed by atoms with Gasteiger partial charge < -0.3 is 14.1 Å². The van der Waals surface area contributed by atoms with Gasteiger partial charge in [0.25, 0.3) is 5.69 Å². The smallest absolute Gasteiger partial charge is 0.355 e. The van der Waals surface area contributed by atoms with Crippen LogP contribution < -0.4 is 0 Å². The maximum absolute atomic E-state index is 13.7. The number of benzene rings is 3. The van der Waals surface area contributed by atoms with Gasteiger partial charge in [-0.1, -0.05) is 6.07 Å². The average molecular weight is 629 g/mol. The first kappa shape index (κ1) is 30.0. The third-order valence-electron chi connectivity index (χ3n) is 8.34. The van der Waals surface area contributed by atoms with Crippen LogP contribution in [-0.2, 0) is 25.4 Å². The van der Waals surface area contributed by atoms with E-state index in [9.17, 15) is 24.5 Å². The Kier molecular flexibility index (Phi) is 7.59. The molecule has 1 saturated heterocycles. The number of fused-ring (bicyclic) bond motifs is 4. The number of amides is 1. The number of ketones is 1. The van der Waals surface area contributed by atoms with E-state index in [1.807, 2.05) is 43.5 Å². The maximum Gasteiger partial charge on any atom is 0.355 e. The summed E-state index contributed by atoms with van der Waals surface area (Å²) >= 11 is 1.60. The first-order chi connectivity index (χ1) is 20.9. The highest BCUT2D eigenvalue weighted by molar-refractivity contribution is 7.98. The lowest BCUT2D eigenvalue weighted by molar-refractivity contribution is -0.384. The molecule has 0 spiro atoms. The van der Waals surface area contributed by atoms with E-state index in [0.29, 0.717) is 28.7 Å². The normalized spacial score (nSPS) is 19.3. The van der Waals surface area contributed by atoms with Gasteiger partial charge in [0.05, 0.1) is 23.0 Å². The van der Waals surface area contributed by atoms with Crippen molar-refractivity contribution in [3.63, 3.8) is 0 Å². The third-order valence-corrected chi connectivity index (χ3v) is 10.1. The van der Waals surface area contributed by atoms with E-state index in [2.05, 4.69) is 19.6 Å². The van der Waals surface area contributed by atoms with E-state index < -0.39 is 25.1 Å². The van der Waals surface area contributed by atoms with Gasteiger partial charge in [-0.15, -0.1) is 11.8 Å². The highest BCUT2D eigenvalue weighted by atomic mass is 32.2. The Labute approximate surface area is 260 Å². The molecule has 226 valence electrons. The van der Waals surface area contributed by atoms with Crippen LogP contribution >= 0.6 is 11.8 Å². The van der Waals surface area contributed by atoms with Crippen LogP contribution in [0.4, 0.5) is 5.69 Å². The predicted molar refractivity (Wildman–Crippen MR) is 170 cm³/mol. The lowest BCUT2D eigenvalue weighted by Gasteiger charge is -2.47. The van der Waals surface area contributed by atoms with Crippen molar-refractivity contribution in [1.82, 2.24) is 4.90 Å². The van der Waals surface area contributed by atoms with E-state index >= 15 is 0 Å². The molecule has 1 fully saturated rings. The molecule has 0 N–H and O–H groups in total. The minimum Gasteiger partial charge on any atom is -0.456 e. The van der Waals surface area contributed by atoms with Crippen molar-refractivity contribution in [3.8, 4) is 11.1 Å². The fraction of sp³-hybridized carbons (Fsp3) is 0.303. The van der Waals surface area contributed by atoms with Gasteiger partial charge in [0.15, 0.2) is 14.1 Å². The summed E-state index contributed by atoms with van der Waals surface area (Å²) in [5.41, 5.74) is 5.07. The lowest BCUT2D eigenvalue weighted by Crippen LogP contribution is -2.63. The van der Waals surface area contributed by atoms with E-state index in [1.165, 1.54) is 24.3 Å². The van der Waals surface area contributed by atoms with Crippen LogP contribution in [0.15, 0.2) is 71.3 Å². The number of carbonyl (C=O) groups is 3. The Hall–Kier alpha value is -4.06. The number of nitro benzene ring substituents is 1. The lowest BCUT2D eigenvalue weighted by atomic mass is 9.82. The monoisotopic (exact) mass is 628 g/mol. The molecule has 0 saturated carbocycles. The molecule has 11 heteroatoms. The first-order valence-corrected chi connectivity index (χ1v) is 19.0. The van der Waals surface area contributed by atoms with E-state index in [1.54, 1.807) is 22.7 Å². The highest BCUT2D eigenvalue weighted by Gasteiger charge is 2.58. The molecule has 1 amide bonds. The Bertz CT molecular complexity index is 1760. The molecule has 2 aliphatic heterocycles. The number of hydrogen-bond acceptors (Lipinski definition) is 8. The Morgan fingerprint density at radius 1 is 1.02 bits per heavy atom. The Morgan fingerprint density at radius 3 is 2.32 bits per heavy atom. The average Bonchev–Trinajstić information content (AvgIpc) is 3.47. The zero-order valence-corrected chi connectivity index (χ0v) is 26.9. The van der Waals surface area contributed by atoms with Crippen molar-refractivity contribution < 1.29 is 28.5 Å². The second-order valence-corrected chi connectivity index (χ2v) is 17.6. The molecule has 1 aliphatic carbocycles. The molecule has 0 radical (unpaired) electrons. The maximum atomic E-state index is 13.7. The van der Waals surface area contributed by atoms with E-state index in [4.69, 9.17) is 9.16 Å². The summed E-state index contributed by atoms with van der Waals surface area (Å²) in [5.74, 6) is -1.25. The quantitative estimate of drug-likeness (QED) is 0.0518. The molecule has 3 aliphatic rings. The standard InChI is InChI=1S/C33H32N2O7SSi/c1-18(42-44(3,4)5)29-28-16-25(20-8-12-23-26(14-20)27-15-22(43-2)11-13-24(27)31(23)36)30(34(28)32(29)37)33(38)41-17-19-6-9-21(10-7-19)35(39)40/h6-15,18,28-29H,16-17H2,1-5H3/t18-,28-,29-/m1/s1. The van der Waals surface area contributed by atoms with E-state index in [-0.39, 0.29) is 41.8 Å². The molecule has 3 aromatic carbocycles. The fourth-order valence-electron chi connectivity index (χ4n) is 6.43. The molecule has 9 nitrogen and oxygen atoms in total. The summed E-state index contributed by atoms with van der Waals surface area (Å²) in [6.45, 7) is 8.05. The number of thioether (sulfide) groups is 1.